The van der Waals surface area contributed by atoms with Crippen LogP contribution in [-0.4, -0.2) is 11.6 Å². The molecule has 1 atom stereocenters. The second-order valence-electron chi connectivity index (χ2n) is 4.39. The van der Waals surface area contributed by atoms with Crippen molar-refractivity contribution in [3.63, 3.8) is 0 Å². The van der Waals surface area contributed by atoms with Crippen LogP contribution in [-0.2, 0) is 6.54 Å². The molecule has 1 unspecified atom stereocenters. The molecule has 0 radical (unpaired) electrons. The van der Waals surface area contributed by atoms with Crippen molar-refractivity contribution >= 4 is 15.9 Å². The van der Waals surface area contributed by atoms with Crippen LogP contribution in [0.25, 0.3) is 0 Å². The van der Waals surface area contributed by atoms with E-state index in [2.05, 4.69) is 21.2 Å². The van der Waals surface area contributed by atoms with E-state index >= 15 is 0 Å². The maximum absolute atomic E-state index is 14.0. The topological polar surface area (TPSA) is 17.0 Å². The van der Waals surface area contributed by atoms with Gasteiger partial charge in [-0.05, 0) is 54.2 Å². The largest absolute Gasteiger partial charge is 0.345 e. The fraction of sp³-hybridized carbons (Fsp3) is 0.286. The lowest BCUT2D eigenvalue weighted by Gasteiger charge is -2.16. The lowest BCUT2D eigenvalue weighted by atomic mass is 10.2. The molecule has 102 valence electrons. The molecule has 0 fully saturated rings. The molecule has 0 aliphatic heterocycles. The van der Waals surface area contributed by atoms with Gasteiger partial charge in [0.05, 0.1) is 11.0 Å². The molecule has 5 heteroatoms. The predicted octanol–water partition coefficient (Wildman–Crippen LogP) is 3.86. The number of nitrogens with one attached hydrogen (secondary N) is 1. The minimum atomic E-state index is -0.545. The fourth-order valence-electron chi connectivity index (χ4n) is 2.00. The van der Waals surface area contributed by atoms with Gasteiger partial charge in [0.25, 0.3) is 0 Å². The molecule has 1 heterocycles. The highest BCUT2D eigenvalue weighted by Crippen LogP contribution is 2.24. The van der Waals surface area contributed by atoms with Gasteiger partial charge in [0.2, 0.25) is 0 Å². The molecule has 2 nitrogen and oxygen atoms in total. The molecule has 2 aromatic rings. The van der Waals surface area contributed by atoms with Crippen molar-refractivity contribution in [1.82, 2.24) is 9.88 Å². The molecule has 1 aromatic carbocycles. The van der Waals surface area contributed by atoms with E-state index in [9.17, 15) is 8.78 Å². The molecule has 0 aliphatic carbocycles. The van der Waals surface area contributed by atoms with Crippen LogP contribution in [0.3, 0.4) is 0 Å². The Kier molecular flexibility index (Phi) is 4.37. The van der Waals surface area contributed by atoms with Gasteiger partial charge in [0, 0.05) is 23.5 Å². The lowest BCUT2D eigenvalue weighted by Crippen LogP contribution is -2.17. The Labute approximate surface area is 119 Å². The third kappa shape index (κ3) is 2.87. The van der Waals surface area contributed by atoms with Crippen LogP contribution < -0.4 is 5.32 Å². The average Bonchev–Trinajstić information content (AvgIpc) is 2.86. The molecule has 0 amide bonds. The summed E-state index contributed by atoms with van der Waals surface area (Å²) in [5.74, 6) is -1.07. The second kappa shape index (κ2) is 5.84. The molecule has 19 heavy (non-hydrogen) atoms. The van der Waals surface area contributed by atoms with E-state index in [0.29, 0.717) is 0 Å². The van der Waals surface area contributed by atoms with Gasteiger partial charge in [0.1, 0.15) is 11.6 Å². The molecule has 1 aromatic heterocycles. The summed E-state index contributed by atoms with van der Waals surface area (Å²) in [6, 6.07) is 6.58. The first kappa shape index (κ1) is 14.2. The Bertz CT molecular complexity index is 581. The average molecular weight is 329 g/mol. The van der Waals surface area contributed by atoms with Gasteiger partial charge in [0.15, 0.2) is 0 Å². The van der Waals surface area contributed by atoms with Crippen LogP contribution in [0.15, 0.2) is 34.9 Å². The summed E-state index contributed by atoms with van der Waals surface area (Å²) < 4.78 is 29.8. The Morgan fingerprint density at radius 3 is 2.74 bits per heavy atom. The fourth-order valence-corrected chi connectivity index (χ4v) is 2.37. The van der Waals surface area contributed by atoms with Gasteiger partial charge in [-0.3, -0.25) is 0 Å². The van der Waals surface area contributed by atoms with Crippen LogP contribution in [0.5, 0.6) is 0 Å². The first-order valence-electron chi connectivity index (χ1n) is 5.99. The SMILES string of the molecule is CNC(C)c1cccn1Cc1c(F)ccc(Br)c1F. The number of aromatic nitrogens is 1. The summed E-state index contributed by atoms with van der Waals surface area (Å²) >= 11 is 3.08. The third-order valence-electron chi connectivity index (χ3n) is 3.21. The van der Waals surface area contributed by atoms with E-state index < -0.39 is 11.6 Å². The Balaban J connectivity index is 2.37. The molecule has 2 rings (SSSR count). The van der Waals surface area contributed by atoms with Gasteiger partial charge in [-0.1, -0.05) is 0 Å². The lowest BCUT2D eigenvalue weighted by molar-refractivity contribution is 0.527. The summed E-state index contributed by atoms with van der Waals surface area (Å²) in [6.45, 7) is 2.17. The molecular formula is C14H15BrF2N2. The van der Waals surface area contributed by atoms with Crippen LogP contribution in [0.2, 0.25) is 0 Å². The van der Waals surface area contributed by atoms with Crippen molar-refractivity contribution in [2.24, 2.45) is 0 Å². The zero-order chi connectivity index (χ0) is 14.0. The van der Waals surface area contributed by atoms with Crippen LogP contribution >= 0.6 is 15.9 Å². The van der Waals surface area contributed by atoms with Crippen LogP contribution in [0.1, 0.15) is 24.2 Å². The summed E-state index contributed by atoms with van der Waals surface area (Å²) in [7, 11) is 1.85. The van der Waals surface area contributed by atoms with Gasteiger partial charge < -0.3 is 9.88 Å². The number of nitrogens with zero attached hydrogens (tertiary/aromatic N) is 1. The molecule has 0 saturated heterocycles. The number of rotatable bonds is 4. The van der Waals surface area contributed by atoms with Gasteiger partial charge >= 0.3 is 0 Å². The van der Waals surface area contributed by atoms with E-state index in [1.165, 1.54) is 12.1 Å². The van der Waals surface area contributed by atoms with Crippen molar-refractivity contribution in [2.45, 2.75) is 19.5 Å². The van der Waals surface area contributed by atoms with E-state index in [4.69, 9.17) is 0 Å². The molecule has 1 N–H and O–H groups in total. The summed E-state index contributed by atoms with van der Waals surface area (Å²) in [5, 5.41) is 3.12. The zero-order valence-corrected chi connectivity index (χ0v) is 12.3. The molecule has 0 aliphatic rings. The predicted molar refractivity (Wildman–Crippen MR) is 75.1 cm³/mol. The second-order valence-corrected chi connectivity index (χ2v) is 5.25. The quantitative estimate of drug-likeness (QED) is 0.843. The smallest absolute Gasteiger partial charge is 0.145 e. The standard InChI is InChI=1S/C14H15BrF2N2/c1-9(18-2)13-4-3-7-19(13)8-10-12(16)6-5-11(15)14(10)17/h3-7,9,18H,8H2,1-2H3. The normalized spacial score (nSPS) is 12.7. The van der Waals surface area contributed by atoms with E-state index in [0.717, 1.165) is 5.69 Å². The molecular weight excluding hydrogens is 314 g/mol. The van der Waals surface area contributed by atoms with Crippen molar-refractivity contribution in [3.05, 3.63) is 57.8 Å². The van der Waals surface area contributed by atoms with E-state index in [1.807, 2.05) is 36.9 Å². The van der Waals surface area contributed by atoms with E-state index in [-0.39, 0.29) is 22.6 Å². The van der Waals surface area contributed by atoms with Gasteiger partial charge in [-0.15, -0.1) is 0 Å². The summed E-state index contributed by atoms with van der Waals surface area (Å²) in [6.07, 6.45) is 1.82. The Morgan fingerprint density at radius 2 is 2.05 bits per heavy atom. The summed E-state index contributed by atoms with van der Waals surface area (Å²) in [4.78, 5) is 0. The molecule has 0 spiro atoms. The highest BCUT2D eigenvalue weighted by Gasteiger charge is 2.15. The highest BCUT2D eigenvalue weighted by molar-refractivity contribution is 9.10. The van der Waals surface area contributed by atoms with Gasteiger partial charge in [-0.25, -0.2) is 8.78 Å². The minimum Gasteiger partial charge on any atom is -0.345 e. The Morgan fingerprint density at radius 1 is 1.32 bits per heavy atom. The molecule has 0 bridgehead atoms. The van der Waals surface area contributed by atoms with Crippen molar-refractivity contribution in [1.29, 1.82) is 0 Å². The highest BCUT2D eigenvalue weighted by atomic mass is 79.9. The minimum absolute atomic E-state index is 0.0649. The van der Waals surface area contributed by atoms with Crippen molar-refractivity contribution in [3.8, 4) is 0 Å². The van der Waals surface area contributed by atoms with Crippen LogP contribution in [0.4, 0.5) is 8.78 Å². The number of hydrogen-bond acceptors (Lipinski definition) is 1. The number of benzene rings is 1. The number of halogens is 3. The maximum Gasteiger partial charge on any atom is 0.145 e. The maximum atomic E-state index is 14.0. The van der Waals surface area contributed by atoms with Gasteiger partial charge in [-0.2, -0.15) is 0 Å². The van der Waals surface area contributed by atoms with E-state index in [1.54, 1.807) is 0 Å². The van der Waals surface area contributed by atoms with Crippen molar-refractivity contribution in [2.75, 3.05) is 7.05 Å². The van der Waals surface area contributed by atoms with Crippen LogP contribution in [0, 0.1) is 11.6 Å². The summed E-state index contributed by atoms with van der Waals surface area (Å²) in [5.41, 5.74) is 1.05. The monoisotopic (exact) mass is 328 g/mol. The zero-order valence-electron chi connectivity index (χ0n) is 10.8. The Hall–Kier alpha value is -1.20. The van der Waals surface area contributed by atoms with Crippen molar-refractivity contribution < 1.29 is 8.78 Å². The number of hydrogen-bond donors (Lipinski definition) is 1. The molecule has 0 saturated carbocycles. The first-order valence-corrected chi connectivity index (χ1v) is 6.78. The first-order chi connectivity index (χ1) is 9.04. The third-order valence-corrected chi connectivity index (χ3v) is 3.82.